The van der Waals surface area contributed by atoms with Crippen molar-refractivity contribution < 1.29 is 4.79 Å². The minimum Gasteiger partial charge on any atom is -0.322 e. The maximum absolute atomic E-state index is 13.3. The van der Waals surface area contributed by atoms with Crippen molar-refractivity contribution in [3.63, 3.8) is 0 Å². The van der Waals surface area contributed by atoms with E-state index in [-0.39, 0.29) is 11.9 Å². The Hall–Kier alpha value is -3.44. The van der Waals surface area contributed by atoms with Crippen LogP contribution in [-0.2, 0) is 6.54 Å². The Morgan fingerprint density at radius 2 is 1.69 bits per heavy atom. The van der Waals surface area contributed by atoms with Gasteiger partial charge in [0.1, 0.15) is 5.69 Å². The quantitative estimate of drug-likeness (QED) is 0.531. The van der Waals surface area contributed by atoms with Gasteiger partial charge in [-0.1, -0.05) is 60.1 Å². The smallest absolute Gasteiger partial charge is 0.273 e. The lowest BCUT2D eigenvalue weighted by Crippen LogP contribution is -2.29. The van der Waals surface area contributed by atoms with Crippen LogP contribution in [0.5, 0.6) is 0 Å². The number of H-pyrrole nitrogens is 1. The van der Waals surface area contributed by atoms with Gasteiger partial charge in [-0.15, -0.1) is 0 Å². The van der Waals surface area contributed by atoms with Gasteiger partial charge < -0.3 is 4.90 Å². The molecule has 0 fully saturated rings. The van der Waals surface area contributed by atoms with Gasteiger partial charge in [0, 0.05) is 35.1 Å². The van der Waals surface area contributed by atoms with Gasteiger partial charge >= 0.3 is 0 Å². The van der Waals surface area contributed by atoms with Gasteiger partial charge in [0.25, 0.3) is 5.91 Å². The molecule has 142 valence electrons. The highest BCUT2D eigenvalue weighted by Gasteiger charge is 2.42. The van der Waals surface area contributed by atoms with Crippen LogP contribution in [0, 0.1) is 0 Å². The fourth-order valence-corrected chi connectivity index (χ4v) is 4.12. The molecule has 2 aromatic heterocycles. The number of hydrogen-bond donors (Lipinski definition) is 1. The minimum atomic E-state index is -0.326. The first-order chi connectivity index (χ1) is 14.2. The molecule has 0 saturated heterocycles. The van der Waals surface area contributed by atoms with Crippen molar-refractivity contribution >= 4 is 17.5 Å². The number of hydrogen-bond acceptors (Lipinski definition) is 3. The summed E-state index contributed by atoms with van der Waals surface area (Å²) in [6.07, 6.45) is 3.47. The fraction of sp³-hybridized carbons (Fsp3) is 0.0870. The van der Waals surface area contributed by atoms with E-state index in [0.29, 0.717) is 17.3 Å². The molecular weight excluding hydrogens is 384 g/mol. The summed E-state index contributed by atoms with van der Waals surface area (Å²) in [5.41, 5.74) is 5.00. The summed E-state index contributed by atoms with van der Waals surface area (Å²) >= 11 is 6.57. The van der Waals surface area contributed by atoms with Gasteiger partial charge in [-0.05, 0) is 29.3 Å². The van der Waals surface area contributed by atoms with Crippen molar-refractivity contribution in [2.24, 2.45) is 0 Å². The zero-order valence-corrected chi connectivity index (χ0v) is 16.2. The molecular formula is C23H17ClN4O. The Labute approximate surface area is 173 Å². The lowest BCUT2D eigenvalue weighted by atomic mass is 9.96. The molecule has 1 N–H and O–H groups in total. The molecule has 1 aliphatic rings. The number of fused-ring (bicyclic) bond motifs is 1. The molecule has 4 aromatic rings. The number of rotatable bonds is 4. The van der Waals surface area contributed by atoms with Crippen LogP contribution in [0.3, 0.4) is 0 Å². The van der Waals surface area contributed by atoms with E-state index in [2.05, 4.69) is 15.2 Å². The zero-order chi connectivity index (χ0) is 19.8. The number of carbonyl (C=O) groups is 1. The molecule has 3 heterocycles. The first-order valence-corrected chi connectivity index (χ1v) is 9.70. The summed E-state index contributed by atoms with van der Waals surface area (Å²) < 4.78 is 0. The maximum Gasteiger partial charge on any atom is 0.273 e. The van der Waals surface area contributed by atoms with Gasteiger partial charge in [0.2, 0.25) is 0 Å². The normalized spacial score (nSPS) is 15.6. The molecule has 0 saturated carbocycles. The first-order valence-electron chi connectivity index (χ1n) is 9.32. The lowest BCUT2D eigenvalue weighted by Gasteiger charge is -2.27. The Balaban J connectivity index is 1.68. The zero-order valence-electron chi connectivity index (χ0n) is 15.4. The van der Waals surface area contributed by atoms with Crippen LogP contribution < -0.4 is 0 Å². The Bertz CT molecular complexity index is 1170. The molecule has 5 nitrogen and oxygen atoms in total. The molecule has 1 amide bonds. The average molecular weight is 401 g/mol. The predicted molar refractivity (Wildman–Crippen MR) is 111 cm³/mol. The highest BCUT2D eigenvalue weighted by atomic mass is 35.5. The third-order valence-electron chi connectivity index (χ3n) is 5.21. The summed E-state index contributed by atoms with van der Waals surface area (Å²) in [4.78, 5) is 19.2. The van der Waals surface area contributed by atoms with E-state index in [4.69, 9.17) is 11.6 Å². The van der Waals surface area contributed by atoms with E-state index < -0.39 is 0 Å². The van der Waals surface area contributed by atoms with Crippen molar-refractivity contribution in [1.82, 2.24) is 20.1 Å². The largest absolute Gasteiger partial charge is 0.322 e. The molecule has 2 aromatic carbocycles. The second-order valence-corrected chi connectivity index (χ2v) is 7.35. The van der Waals surface area contributed by atoms with E-state index in [1.165, 1.54) is 0 Å². The lowest BCUT2D eigenvalue weighted by molar-refractivity contribution is 0.0730. The van der Waals surface area contributed by atoms with E-state index in [0.717, 1.165) is 27.9 Å². The molecule has 0 aliphatic carbocycles. The average Bonchev–Trinajstić information content (AvgIpc) is 3.30. The topological polar surface area (TPSA) is 61.9 Å². The standard InChI is InChI=1S/C23H17ClN4O/c24-18-9-5-4-8-17(18)22-19-20(16-6-2-1-3-7-16)26-27-21(19)23(29)28(22)14-15-10-12-25-13-11-15/h1-13,22H,14H2,(H,26,27). The number of aromatic nitrogens is 3. The molecule has 0 bridgehead atoms. The van der Waals surface area contributed by atoms with Crippen molar-refractivity contribution in [2.75, 3.05) is 0 Å². The van der Waals surface area contributed by atoms with Crippen molar-refractivity contribution in [3.8, 4) is 11.3 Å². The molecule has 29 heavy (non-hydrogen) atoms. The number of aromatic amines is 1. The summed E-state index contributed by atoms with van der Waals surface area (Å²) in [5, 5.41) is 8.08. The monoisotopic (exact) mass is 400 g/mol. The molecule has 5 rings (SSSR count). The first kappa shape index (κ1) is 17.6. The SMILES string of the molecule is O=C1c2[nH]nc(-c3ccccc3)c2C(c2ccccc2Cl)N1Cc1ccncc1. The Kier molecular flexibility index (Phi) is 4.37. The molecule has 1 unspecified atom stereocenters. The second-order valence-electron chi connectivity index (χ2n) is 6.94. The van der Waals surface area contributed by atoms with E-state index in [9.17, 15) is 4.79 Å². The van der Waals surface area contributed by atoms with Gasteiger partial charge in [-0.3, -0.25) is 14.9 Å². The summed E-state index contributed by atoms with van der Waals surface area (Å²) in [7, 11) is 0. The van der Waals surface area contributed by atoms with Gasteiger partial charge in [0.15, 0.2) is 0 Å². The van der Waals surface area contributed by atoms with E-state index in [1.807, 2.05) is 71.6 Å². The number of benzene rings is 2. The van der Waals surface area contributed by atoms with E-state index in [1.54, 1.807) is 12.4 Å². The third kappa shape index (κ3) is 3.00. The predicted octanol–water partition coefficient (Wildman–Crippen LogP) is 4.87. The van der Waals surface area contributed by atoms with Crippen molar-refractivity contribution in [2.45, 2.75) is 12.6 Å². The number of pyridine rings is 1. The van der Waals surface area contributed by atoms with Crippen LogP contribution in [0.15, 0.2) is 79.1 Å². The second kappa shape index (κ2) is 7.18. The molecule has 0 radical (unpaired) electrons. The van der Waals surface area contributed by atoms with Crippen molar-refractivity contribution in [3.05, 3.63) is 107 Å². The number of nitrogens with zero attached hydrogens (tertiary/aromatic N) is 3. The Morgan fingerprint density at radius 1 is 0.966 bits per heavy atom. The highest BCUT2D eigenvalue weighted by molar-refractivity contribution is 6.31. The summed E-state index contributed by atoms with van der Waals surface area (Å²) in [6.45, 7) is 0.452. The maximum atomic E-state index is 13.3. The number of halogens is 1. The van der Waals surface area contributed by atoms with Crippen molar-refractivity contribution in [1.29, 1.82) is 0 Å². The van der Waals surface area contributed by atoms with Gasteiger partial charge in [0.05, 0.1) is 11.7 Å². The number of nitrogens with one attached hydrogen (secondary N) is 1. The van der Waals surface area contributed by atoms with Crippen LogP contribution in [-0.4, -0.2) is 26.0 Å². The molecule has 1 atom stereocenters. The van der Waals surface area contributed by atoms with Crippen LogP contribution >= 0.6 is 11.6 Å². The highest BCUT2D eigenvalue weighted by Crippen LogP contribution is 2.45. The van der Waals surface area contributed by atoms with Crippen LogP contribution in [0.2, 0.25) is 5.02 Å². The van der Waals surface area contributed by atoms with Gasteiger partial charge in [-0.25, -0.2) is 0 Å². The third-order valence-corrected chi connectivity index (χ3v) is 5.56. The molecule has 6 heteroatoms. The summed E-state index contributed by atoms with van der Waals surface area (Å²) in [6, 6.07) is 21.0. The van der Waals surface area contributed by atoms with Crippen LogP contribution in [0.25, 0.3) is 11.3 Å². The Morgan fingerprint density at radius 3 is 2.45 bits per heavy atom. The minimum absolute atomic E-state index is 0.0867. The van der Waals surface area contributed by atoms with Gasteiger partial charge in [-0.2, -0.15) is 5.10 Å². The molecule has 1 aliphatic heterocycles. The summed E-state index contributed by atoms with van der Waals surface area (Å²) in [5.74, 6) is -0.0867. The molecule has 0 spiro atoms. The van der Waals surface area contributed by atoms with E-state index >= 15 is 0 Å². The van der Waals surface area contributed by atoms with Crippen LogP contribution in [0.1, 0.15) is 33.2 Å². The number of amides is 1. The number of carbonyl (C=O) groups excluding carboxylic acids is 1. The fourth-order valence-electron chi connectivity index (χ4n) is 3.88. The van der Waals surface area contributed by atoms with Crippen LogP contribution in [0.4, 0.5) is 0 Å².